The van der Waals surface area contributed by atoms with Gasteiger partial charge in [0, 0.05) is 19.0 Å². The number of carbonyl (C=O) groups is 1. The summed E-state index contributed by atoms with van der Waals surface area (Å²) in [5.74, 6) is 0.134. The zero-order valence-corrected chi connectivity index (χ0v) is 11.7. The van der Waals surface area contributed by atoms with Crippen molar-refractivity contribution in [2.75, 3.05) is 5.32 Å². The number of carbonyl (C=O) groups excluding carboxylic acids is 1. The molecule has 1 fully saturated rings. The minimum atomic E-state index is 0. The Hall–Kier alpha value is -1.07. The number of aryl methyl sites for hydroxylation is 1. The van der Waals surface area contributed by atoms with Crippen molar-refractivity contribution in [3.63, 3.8) is 0 Å². The van der Waals surface area contributed by atoms with E-state index >= 15 is 0 Å². The standard InChI is InChI=1S/C12H20N4O.ClH/c1-8-11(7-14-16(8)2)15-12(17)9-4-3-5-10(13)6-9;/h7,9-10H,3-6,13H2,1-2H3,(H,15,17);1H. The van der Waals surface area contributed by atoms with Gasteiger partial charge in [0.25, 0.3) is 0 Å². The quantitative estimate of drug-likeness (QED) is 0.859. The molecule has 2 atom stereocenters. The van der Waals surface area contributed by atoms with E-state index in [0.29, 0.717) is 0 Å². The van der Waals surface area contributed by atoms with Gasteiger partial charge in [0.15, 0.2) is 0 Å². The maximum absolute atomic E-state index is 12.1. The second-order valence-corrected chi connectivity index (χ2v) is 4.88. The first-order valence-electron chi connectivity index (χ1n) is 6.13. The Bertz CT molecular complexity index is 418. The molecule has 1 heterocycles. The molecule has 18 heavy (non-hydrogen) atoms. The molecule has 0 saturated heterocycles. The van der Waals surface area contributed by atoms with Gasteiger partial charge in [-0.1, -0.05) is 6.42 Å². The summed E-state index contributed by atoms with van der Waals surface area (Å²) >= 11 is 0. The molecule has 2 rings (SSSR count). The maximum atomic E-state index is 12.1. The van der Waals surface area contributed by atoms with E-state index in [9.17, 15) is 4.79 Å². The van der Waals surface area contributed by atoms with Crippen LogP contribution in [0.1, 0.15) is 31.4 Å². The molecule has 0 aromatic carbocycles. The summed E-state index contributed by atoms with van der Waals surface area (Å²) in [4.78, 5) is 12.1. The highest BCUT2D eigenvalue weighted by Crippen LogP contribution is 2.25. The van der Waals surface area contributed by atoms with Crippen LogP contribution in [0.15, 0.2) is 6.20 Å². The normalized spacial score (nSPS) is 23.3. The molecule has 0 aliphatic heterocycles. The Labute approximate surface area is 114 Å². The van der Waals surface area contributed by atoms with E-state index in [1.165, 1.54) is 0 Å². The SMILES string of the molecule is Cc1c(NC(=O)C2CCCC(N)C2)cnn1C.Cl. The van der Waals surface area contributed by atoms with Gasteiger partial charge in [-0.3, -0.25) is 9.48 Å². The second-order valence-electron chi connectivity index (χ2n) is 4.88. The largest absolute Gasteiger partial charge is 0.328 e. The number of nitrogens with one attached hydrogen (secondary N) is 1. The fraction of sp³-hybridized carbons (Fsp3) is 0.667. The van der Waals surface area contributed by atoms with Gasteiger partial charge >= 0.3 is 0 Å². The Morgan fingerprint density at radius 1 is 1.56 bits per heavy atom. The first-order chi connectivity index (χ1) is 8.08. The Kier molecular flexibility index (Phi) is 5.16. The monoisotopic (exact) mass is 272 g/mol. The lowest BCUT2D eigenvalue weighted by Crippen LogP contribution is -2.34. The molecule has 1 amide bonds. The van der Waals surface area contributed by atoms with Gasteiger partial charge in [-0.2, -0.15) is 5.10 Å². The van der Waals surface area contributed by atoms with Gasteiger partial charge in [-0.05, 0) is 26.2 Å². The van der Waals surface area contributed by atoms with Crippen LogP contribution >= 0.6 is 12.4 Å². The molecule has 1 aliphatic carbocycles. The third-order valence-corrected chi connectivity index (χ3v) is 3.58. The average molecular weight is 273 g/mol. The van der Waals surface area contributed by atoms with Crippen LogP contribution in [0.3, 0.4) is 0 Å². The zero-order chi connectivity index (χ0) is 12.4. The van der Waals surface area contributed by atoms with Crippen molar-refractivity contribution < 1.29 is 4.79 Å². The lowest BCUT2D eigenvalue weighted by Gasteiger charge is -2.25. The lowest BCUT2D eigenvalue weighted by molar-refractivity contribution is -0.120. The molecule has 5 nitrogen and oxygen atoms in total. The van der Waals surface area contributed by atoms with Crippen molar-refractivity contribution in [3.8, 4) is 0 Å². The van der Waals surface area contributed by atoms with E-state index in [0.717, 1.165) is 37.1 Å². The summed E-state index contributed by atoms with van der Waals surface area (Å²) in [7, 11) is 1.86. The summed E-state index contributed by atoms with van der Waals surface area (Å²) in [6, 6.07) is 0.175. The topological polar surface area (TPSA) is 72.9 Å². The van der Waals surface area contributed by atoms with Crippen LogP contribution in [0.4, 0.5) is 5.69 Å². The highest BCUT2D eigenvalue weighted by atomic mass is 35.5. The first kappa shape index (κ1) is 15.0. The van der Waals surface area contributed by atoms with Crippen LogP contribution in [0, 0.1) is 12.8 Å². The number of nitrogens with two attached hydrogens (primary N) is 1. The summed E-state index contributed by atoms with van der Waals surface area (Å²) in [5, 5.41) is 7.05. The van der Waals surface area contributed by atoms with Crippen molar-refractivity contribution in [1.29, 1.82) is 0 Å². The molecule has 1 aromatic heterocycles. The molecule has 0 radical (unpaired) electrons. The van der Waals surface area contributed by atoms with Gasteiger partial charge < -0.3 is 11.1 Å². The molecule has 0 bridgehead atoms. The van der Waals surface area contributed by atoms with E-state index < -0.39 is 0 Å². The molecule has 6 heteroatoms. The number of anilines is 1. The molecular weight excluding hydrogens is 252 g/mol. The number of hydrogen-bond acceptors (Lipinski definition) is 3. The van der Waals surface area contributed by atoms with E-state index in [2.05, 4.69) is 10.4 Å². The lowest BCUT2D eigenvalue weighted by atomic mass is 9.85. The predicted molar refractivity (Wildman–Crippen MR) is 73.8 cm³/mol. The van der Waals surface area contributed by atoms with Crippen LogP contribution in [0.25, 0.3) is 0 Å². The summed E-state index contributed by atoms with van der Waals surface area (Å²) in [6.45, 7) is 1.94. The van der Waals surface area contributed by atoms with Crippen molar-refractivity contribution in [3.05, 3.63) is 11.9 Å². The van der Waals surface area contributed by atoms with Gasteiger partial charge in [0.2, 0.25) is 5.91 Å². The fourth-order valence-corrected chi connectivity index (χ4v) is 2.32. The van der Waals surface area contributed by atoms with Crippen molar-refractivity contribution in [1.82, 2.24) is 9.78 Å². The predicted octanol–water partition coefficient (Wildman–Crippen LogP) is 1.61. The second kappa shape index (κ2) is 6.20. The highest BCUT2D eigenvalue weighted by Gasteiger charge is 2.25. The summed E-state index contributed by atoms with van der Waals surface area (Å²) in [5.41, 5.74) is 7.67. The van der Waals surface area contributed by atoms with Gasteiger partial charge in [0.1, 0.15) is 0 Å². The molecular formula is C12H21ClN4O. The number of amides is 1. The van der Waals surface area contributed by atoms with Crippen LogP contribution < -0.4 is 11.1 Å². The van der Waals surface area contributed by atoms with Crippen molar-refractivity contribution in [2.24, 2.45) is 18.7 Å². The van der Waals surface area contributed by atoms with Crippen LogP contribution in [0.5, 0.6) is 0 Å². The first-order valence-corrected chi connectivity index (χ1v) is 6.13. The molecule has 2 unspecified atom stereocenters. The molecule has 1 aliphatic rings. The molecule has 0 spiro atoms. The highest BCUT2D eigenvalue weighted by molar-refractivity contribution is 5.93. The van der Waals surface area contributed by atoms with E-state index in [4.69, 9.17) is 5.73 Å². The minimum absolute atomic E-state index is 0. The fourth-order valence-electron chi connectivity index (χ4n) is 2.32. The number of nitrogens with zero attached hydrogens (tertiary/aromatic N) is 2. The summed E-state index contributed by atoms with van der Waals surface area (Å²) in [6.07, 6.45) is 5.51. The van der Waals surface area contributed by atoms with Gasteiger partial charge in [-0.15, -0.1) is 12.4 Å². The van der Waals surface area contributed by atoms with Crippen LogP contribution in [-0.4, -0.2) is 21.7 Å². The van der Waals surface area contributed by atoms with Gasteiger partial charge in [-0.25, -0.2) is 0 Å². The van der Waals surface area contributed by atoms with Crippen molar-refractivity contribution >= 4 is 24.0 Å². The number of aromatic nitrogens is 2. The molecule has 102 valence electrons. The van der Waals surface area contributed by atoms with Gasteiger partial charge in [0.05, 0.1) is 17.6 Å². The van der Waals surface area contributed by atoms with E-state index in [-0.39, 0.29) is 30.3 Å². The zero-order valence-electron chi connectivity index (χ0n) is 10.8. The third kappa shape index (κ3) is 3.23. The maximum Gasteiger partial charge on any atom is 0.227 e. The van der Waals surface area contributed by atoms with Crippen LogP contribution in [0.2, 0.25) is 0 Å². The Morgan fingerprint density at radius 2 is 2.28 bits per heavy atom. The number of halogens is 1. The smallest absolute Gasteiger partial charge is 0.227 e. The molecule has 1 saturated carbocycles. The van der Waals surface area contributed by atoms with E-state index in [1.54, 1.807) is 10.9 Å². The summed E-state index contributed by atoms with van der Waals surface area (Å²) < 4.78 is 1.75. The number of hydrogen-bond donors (Lipinski definition) is 2. The van der Waals surface area contributed by atoms with Crippen LogP contribution in [-0.2, 0) is 11.8 Å². The van der Waals surface area contributed by atoms with Crippen molar-refractivity contribution in [2.45, 2.75) is 38.6 Å². The Morgan fingerprint density at radius 3 is 2.83 bits per heavy atom. The third-order valence-electron chi connectivity index (χ3n) is 3.58. The minimum Gasteiger partial charge on any atom is -0.328 e. The average Bonchev–Trinajstić information content (AvgIpc) is 2.61. The molecule has 3 N–H and O–H groups in total. The number of rotatable bonds is 2. The molecule has 1 aromatic rings. The Balaban J connectivity index is 0.00000162. The van der Waals surface area contributed by atoms with E-state index in [1.807, 2.05) is 14.0 Å².